The molecule has 0 fully saturated rings. The largest absolute Gasteiger partial charge is 0.122 e. The van der Waals surface area contributed by atoms with Gasteiger partial charge in [0.2, 0.25) is 0 Å². The molecule has 1 unspecified atom stereocenters. The first-order valence-corrected chi connectivity index (χ1v) is 7.14. The lowest BCUT2D eigenvalue weighted by Crippen LogP contribution is -1.82. The van der Waals surface area contributed by atoms with Crippen molar-refractivity contribution in [2.24, 2.45) is 0 Å². The van der Waals surface area contributed by atoms with E-state index >= 15 is 0 Å². The minimum Gasteiger partial charge on any atom is -0.122 e. The molecule has 0 aromatic carbocycles. The van der Waals surface area contributed by atoms with Gasteiger partial charge in [-0.2, -0.15) is 0 Å². The van der Waals surface area contributed by atoms with Crippen molar-refractivity contribution in [2.75, 3.05) is 12.3 Å². The van der Waals surface area contributed by atoms with Crippen LogP contribution in [0.25, 0.3) is 0 Å². The van der Waals surface area contributed by atoms with Gasteiger partial charge in [0.1, 0.15) is 0 Å². The van der Waals surface area contributed by atoms with Crippen LogP contribution in [0.2, 0.25) is 0 Å². The summed E-state index contributed by atoms with van der Waals surface area (Å²) in [4.78, 5) is 0. The molecule has 0 aliphatic heterocycles. The van der Waals surface area contributed by atoms with E-state index in [9.17, 15) is 0 Å². The molecule has 13 heavy (non-hydrogen) atoms. The highest BCUT2D eigenvalue weighted by molar-refractivity contribution is 7.37. The lowest BCUT2D eigenvalue weighted by atomic mass is 10.2. The number of rotatable bonds is 10. The summed E-state index contributed by atoms with van der Waals surface area (Å²) in [6.45, 7) is 6.01. The average Bonchev–Trinajstić information content (AvgIpc) is 2.16. The first-order valence-electron chi connectivity index (χ1n) is 5.73. The van der Waals surface area contributed by atoms with E-state index in [1.807, 2.05) is 6.08 Å². The van der Waals surface area contributed by atoms with E-state index in [1.165, 1.54) is 65.9 Å². The first kappa shape index (κ1) is 13.2. The fraction of sp³-hybridized carbons (Fsp3) is 0.833. The molecule has 0 heterocycles. The molecule has 0 saturated heterocycles. The summed E-state index contributed by atoms with van der Waals surface area (Å²) >= 11 is 0. The highest BCUT2D eigenvalue weighted by Gasteiger charge is 1.90. The predicted molar refractivity (Wildman–Crippen MR) is 66.2 cm³/mol. The topological polar surface area (TPSA) is 0 Å². The van der Waals surface area contributed by atoms with E-state index in [-0.39, 0.29) is 0 Å². The number of hydrogen-bond acceptors (Lipinski definition) is 0. The van der Waals surface area contributed by atoms with E-state index in [2.05, 4.69) is 13.5 Å². The molecule has 0 rings (SSSR count). The highest BCUT2D eigenvalue weighted by atomic mass is 31.1. The number of unbranched alkanes of at least 4 members (excludes halogenated alkanes) is 5. The van der Waals surface area contributed by atoms with Crippen molar-refractivity contribution in [3.63, 3.8) is 0 Å². The van der Waals surface area contributed by atoms with E-state index in [0.29, 0.717) is 0 Å². The SMILES string of the molecule is C=CCCCCPCCCCCC. The maximum absolute atomic E-state index is 3.73. The normalized spacial score (nSPS) is 11.2. The van der Waals surface area contributed by atoms with Crippen LogP contribution in [0.1, 0.15) is 51.9 Å². The molecule has 0 amide bonds. The van der Waals surface area contributed by atoms with Crippen molar-refractivity contribution >= 4 is 8.58 Å². The molecule has 0 bridgehead atoms. The molecule has 0 aliphatic carbocycles. The quantitative estimate of drug-likeness (QED) is 0.274. The molecule has 1 atom stereocenters. The second kappa shape index (κ2) is 12.2. The Hall–Kier alpha value is 0.170. The Morgan fingerprint density at radius 2 is 1.69 bits per heavy atom. The highest BCUT2D eigenvalue weighted by Crippen LogP contribution is 2.16. The first-order chi connectivity index (χ1) is 6.41. The van der Waals surface area contributed by atoms with Crippen molar-refractivity contribution in [3.05, 3.63) is 12.7 Å². The summed E-state index contributed by atoms with van der Waals surface area (Å²) in [7, 11) is 1.22. The predicted octanol–water partition coefficient (Wildman–Crippen LogP) is 4.60. The van der Waals surface area contributed by atoms with Gasteiger partial charge in [0.05, 0.1) is 0 Å². The number of allylic oxidation sites excluding steroid dienone is 1. The summed E-state index contributed by atoms with van der Waals surface area (Å²) < 4.78 is 0. The van der Waals surface area contributed by atoms with Gasteiger partial charge in [0.15, 0.2) is 0 Å². The Bertz CT molecular complexity index is 99.3. The van der Waals surface area contributed by atoms with Crippen molar-refractivity contribution in [2.45, 2.75) is 51.9 Å². The van der Waals surface area contributed by atoms with Crippen LogP contribution in [0, 0.1) is 0 Å². The van der Waals surface area contributed by atoms with E-state index < -0.39 is 0 Å². The van der Waals surface area contributed by atoms with Crippen LogP contribution in [-0.2, 0) is 0 Å². The molecule has 1 heteroatoms. The summed E-state index contributed by atoms with van der Waals surface area (Å²) in [6, 6.07) is 0. The molecule has 0 radical (unpaired) electrons. The molecule has 0 saturated carbocycles. The molecular weight excluding hydrogens is 175 g/mol. The monoisotopic (exact) mass is 200 g/mol. The van der Waals surface area contributed by atoms with Gasteiger partial charge < -0.3 is 0 Å². The Morgan fingerprint density at radius 3 is 2.31 bits per heavy atom. The standard InChI is InChI=1S/C12H25P/c1-3-5-7-9-11-13-12-10-8-6-4-2/h3,13H,1,4-12H2,2H3. The van der Waals surface area contributed by atoms with Gasteiger partial charge in [-0.15, -0.1) is 15.2 Å². The second-order valence-electron chi connectivity index (χ2n) is 3.60. The molecular formula is C12H25P. The summed E-state index contributed by atoms with van der Waals surface area (Å²) in [5.74, 6) is 0. The Balaban J connectivity index is 2.79. The maximum Gasteiger partial charge on any atom is -0.0353 e. The van der Waals surface area contributed by atoms with Crippen LogP contribution in [0.4, 0.5) is 0 Å². The zero-order valence-corrected chi connectivity index (χ0v) is 10.1. The van der Waals surface area contributed by atoms with Crippen LogP contribution in [-0.4, -0.2) is 12.3 Å². The van der Waals surface area contributed by atoms with Gasteiger partial charge in [-0.3, -0.25) is 0 Å². The fourth-order valence-corrected chi connectivity index (χ4v) is 2.59. The Kier molecular flexibility index (Phi) is 12.3. The molecule has 0 N–H and O–H groups in total. The summed E-state index contributed by atoms with van der Waals surface area (Å²) in [6.07, 6.45) is 14.7. The summed E-state index contributed by atoms with van der Waals surface area (Å²) in [5.41, 5.74) is 0. The van der Waals surface area contributed by atoms with Gasteiger partial charge in [-0.1, -0.05) is 32.3 Å². The average molecular weight is 200 g/mol. The van der Waals surface area contributed by atoms with Gasteiger partial charge in [-0.25, -0.2) is 0 Å². The zero-order valence-electron chi connectivity index (χ0n) is 9.15. The van der Waals surface area contributed by atoms with Crippen LogP contribution in [0.3, 0.4) is 0 Å². The van der Waals surface area contributed by atoms with E-state index in [0.717, 1.165) is 0 Å². The third kappa shape index (κ3) is 12.2. The molecule has 0 aliphatic rings. The molecule has 0 aromatic heterocycles. The molecule has 0 spiro atoms. The van der Waals surface area contributed by atoms with Crippen LogP contribution in [0.5, 0.6) is 0 Å². The van der Waals surface area contributed by atoms with E-state index in [1.54, 1.807) is 0 Å². The third-order valence-electron chi connectivity index (χ3n) is 2.22. The van der Waals surface area contributed by atoms with Gasteiger partial charge in [-0.05, 0) is 38.0 Å². The van der Waals surface area contributed by atoms with Crippen molar-refractivity contribution in [3.8, 4) is 0 Å². The lowest BCUT2D eigenvalue weighted by molar-refractivity contribution is 0.705. The lowest BCUT2D eigenvalue weighted by Gasteiger charge is -2.00. The smallest absolute Gasteiger partial charge is 0.0353 e. The second-order valence-corrected chi connectivity index (χ2v) is 5.10. The van der Waals surface area contributed by atoms with Crippen molar-refractivity contribution in [1.29, 1.82) is 0 Å². The van der Waals surface area contributed by atoms with Gasteiger partial charge in [0.25, 0.3) is 0 Å². The van der Waals surface area contributed by atoms with Crippen LogP contribution >= 0.6 is 8.58 Å². The van der Waals surface area contributed by atoms with Crippen molar-refractivity contribution in [1.82, 2.24) is 0 Å². The fourth-order valence-electron chi connectivity index (χ4n) is 1.34. The number of hydrogen-bond donors (Lipinski definition) is 0. The zero-order chi connectivity index (χ0) is 9.78. The molecule has 0 aromatic rings. The molecule has 0 nitrogen and oxygen atoms in total. The van der Waals surface area contributed by atoms with Gasteiger partial charge >= 0.3 is 0 Å². The van der Waals surface area contributed by atoms with Crippen molar-refractivity contribution < 1.29 is 0 Å². The molecule has 78 valence electrons. The third-order valence-corrected chi connectivity index (χ3v) is 3.63. The Labute approximate surface area is 86.0 Å². The van der Waals surface area contributed by atoms with E-state index in [4.69, 9.17) is 0 Å². The minimum atomic E-state index is 1.21. The maximum atomic E-state index is 3.73. The Morgan fingerprint density at radius 1 is 1.00 bits per heavy atom. The van der Waals surface area contributed by atoms with Crippen LogP contribution in [0.15, 0.2) is 12.7 Å². The summed E-state index contributed by atoms with van der Waals surface area (Å²) in [5, 5.41) is 0. The van der Waals surface area contributed by atoms with Gasteiger partial charge in [0, 0.05) is 0 Å². The van der Waals surface area contributed by atoms with Crippen LogP contribution < -0.4 is 0 Å². The minimum absolute atomic E-state index is 1.21.